The van der Waals surface area contributed by atoms with Crippen molar-refractivity contribution in [2.45, 2.75) is 32.7 Å². The number of nitrogens with zero attached hydrogens (tertiary/aromatic N) is 4. The second-order valence-corrected chi connectivity index (χ2v) is 10.1. The number of pyridine rings is 1. The van der Waals surface area contributed by atoms with E-state index in [1.54, 1.807) is 24.4 Å². The van der Waals surface area contributed by atoms with Gasteiger partial charge >= 0.3 is 0 Å². The smallest absolute Gasteiger partial charge is 0.209 e. The van der Waals surface area contributed by atoms with Gasteiger partial charge in [-0.05, 0) is 44.0 Å². The lowest BCUT2D eigenvalue weighted by Crippen LogP contribution is -2.38. The summed E-state index contributed by atoms with van der Waals surface area (Å²) in [5, 5.41) is 5.03. The molecule has 0 saturated heterocycles. The van der Waals surface area contributed by atoms with E-state index in [1.165, 1.54) is 6.07 Å². The molecule has 0 bridgehead atoms. The third kappa shape index (κ3) is 5.48. The highest BCUT2D eigenvalue weighted by atomic mass is 32.2. The largest absolute Gasteiger partial charge is 0.486 e. The van der Waals surface area contributed by atoms with Crippen molar-refractivity contribution in [1.82, 2.24) is 15.0 Å². The van der Waals surface area contributed by atoms with Crippen molar-refractivity contribution in [2.24, 2.45) is 5.14 Å². The highest BCUT2D eigenvalue weighted by Gasteiger charge is 2.25. The number of aryl methyl sites for hydroxylation is 1. The molecule has 1 aromatic carbocycles. The van der Waals surface area contributed by atoms with Crippen molar-refractivity contribution >= 4 is 15.7 Å². The minimum absolute atomic E-state index is 0.00856. The molecular formula is C23H25F2N5O3S. The molecule has 0 radical (unpaired) electrons. The first kappa shape index (κ1) is 24.0. The van der Waals surface area contributed by atoms with Crippen LogP contribution < -0.4 is 14.8 Å². The molecule has 4 rings (SSSR count). The van der Waals surface area contributed by atoms with Gasteiger partial charge in [-0.1, -0.05) is 6.07 Å². The number of hydrogen-bond donors (Lipinski definition) is 1. The van der Waals surface area contributed by atoms with Gasteiger partial charge in [0.15, 0.2) is 17.4 Å². The van der Waals surface area contributed by atoms with Crippen LogP contribution in [0.5, 0.6) is 5.75 Å². The molecule has 2 N–H and O–H groups in total. The molecule has 11 heteroatoms. The van der Waals surface area contributed by atoms with Crippen LogP contribution in [0.4, 0.5) is 14.5 Å². The lowest BCUT2D eigenvalue weighted by molar-refractivity contribution is 0.287. The molecule has 0 spiro atoms. The van der Waals surface area contributed by atoms with E-state index in [0.717, 1.165) is 11.8 Å². The number of sulfonamides is 1. The molecule has 0 aliphatic carbocycles. The van der Waals surface area contributed by atoms with Crippen LogP contribution in [0, 0.1) is 11.6 Å². The summed E-state index contributed by atoms with van der Waals surface area (Å²) in [5.74, 6) is -0.937. The summed E-state index contributed by atoms with van der Waals surface area (Å²) in [7, 11) is -3.55. The average Bonchev–Trinajstić information content (AvgIpc) is 2.79. The maximum atomic E-state index is 14.8. The van der Waals surface area contributed by atoms with Crippen LogP contribution in [-0.2, 0) is 22.9 Å². The molecular weight excluding hydrogens is 464 g/mol. The molecule has 0 amide bonds. The number of ether oxygens (including phenoxy) is 1. The molecule has 0 fully saturated rings. The van der Waals surface area contributed by atoms with Gasteiger partial charge in [0.1, 0.15) is 18.1 Å². The third-order valence-corrected chi connectivity index (χ3v) is 6.28. The van der Waals surface area contributed by atoms with E-state index in [-0.39, 0.29) is 36.1 Å². The fourth-order valence-electron chi connectivity index (χ4n) is 3.80. The lowest BCUT2D eigenvalue weighted by atomic mass is 10.1. The maximum absolute atomic E-state index is 14.8. The topological polar surface area (TPSA) is 111 Å². The molecule has 2 aromatic heterocycles. The Morgan fingerprint density at radius 1 is 1.15 bits per heavy atom. The minimum Gasteiger partial charge on any atom is -0.486 e. The first-order chi connectivity index (χ1) is 16.1. The molecule has 1 aliphatic rings. The van der Waals surface area contributed by atoms with E-state index in [2.05, 4.69) is 15.0 Å². The standard InChI is InChI=1S/C23H25F2N5O3S/c1-14(2)30-6-7-33-23-18(24)9-16(10-20(23)30)22-19(25)13-28-21(29-22)11-17-4-3-15(12-27-17)5-8-34(26,31)32/h3-4,9-10,12-14H,5-8,11H2,1-2H3,(H2,26,31,32). The van der Waals surface area contributed by atoms with Crippen LogP contribution in [0.1, 0.15) is 30.9 Å². The van der Waals surface area contributed by atoms with Gasteiger partial charge in [-0.3, -0.25) is 4.98 Å². The Hall–Kier alpha value is -3.18. The van der Waals surface area contributed by atoms with Gasteiger partial charge in [0.05, 0.1) is 30.6 Å². The second-order valence-electron chi connectivity index (χ2n) is 8.38. The summed E-state index contributed by atoms with van der Waals surface area (Å²) in [6, 6.07) is 6.49. The molecule has 34 heavy (non-hydrogen) atoms. The van der Waals surface area contributed by atoms with Crippen molar-refractivity contribution in [2.75, 3.05) is 23.8 Å². The quantitative estimate of drug-likeness (QED) is 0.543. The van der Waals surface area contributed by atoms with E-state index in [9.17, 15) is 17.2 Å². The number of benzene rings is 1. The number of nitrogens with two attached hydrogens (primary N) is 1. The Labute approximate surface area is 196 Å². The number of fused-ring (bicyclic) bond motifs is 1. The first-order valence-corrected chi connectivity index (χ1v) is 12.5. The SMILES string of the molecule is CC(C)N1CCOc2c(F)cc(-c3nc(Cc4ccc(CCS(N)(=O)=O)cn4)ncc3F)cc21. The number of hydrogen-bond acceptors (Lipinski definition) is 7. The number of anilines is 1. The zero-order chi connectivity index (χ0) is 24.5. The first-order valence-electron chi connectivity index (χ1n) is 10.8. The Bertz CT molecular complexity index is 1300. The summed E-state index contributed by atoms with van der Waals surface area (Å²) >= 11 is 0. The van der Waals surface area contributed by atoms with Gasteiger partial charge in [0.2, 0.25) is 10.0 Å². The van der Waals surface area contributed by atoms with Gasteiger partial charge in [-0.15, -0.1) is 0 Å². The van der Waals surface area contributed by atoms with E-state index < -0.39 is 21.7 Å². The van der Waals surface area contributed by atoms with Gasteiger partial charge in [-0.2, -0.15) is 0 Å². The summed E-state index contributed by atoms with van der Waals surface area (Å²) in [4.78, 5) is 14.7. The van der Waals surface area contributed by atoms with Crippen molar-refractivity contribution in [3.63, 3.8) is 0 Å². The summed E-state index contributed by atoms with van der Waals surface area (Å²) in [5.41, 5.74) is 2.19. The van der Waals surface area contributed by atoms with E-state index in [4.69, 9.17) is 9.88 Å². The molecule has 180 valence electrons. The molecule has 0 saturated carbocycles. The highest BCUT2D eigenvalue weighted by Crippen LogP contribution is 2.39. The normalized spacial score (nSPS) is 13.6. The fraction of sp³-hybridized carbons (Fsp3) is 0.348. The zero-order valence-corrected chi connectivity index (χ0v) is 19.6. The Balaban J connectivity index is 1.60. The van der Waals surface area contributed by atoms with Crippen molar-refractivity contribution < 1.29 is 21.9 Å². The van der Waals surface area contributed by atoms with Gasteiger partial charge in [0.25, 0.3) is 0 Å². The van der Waals surface area contributed by atoms with E-state index in [0.29, 0.717) is 35.9 Å². The average molecular weight is 490 g/mol. The third-order valence-electron chi connectivity index (χ3n) is 5.50. The molecule has 3 heterocycles. The van der Waals surface area contributed by atoms with Crippen LogP contribution >= 0.6 is 0 Å². The van der Waals surface area contributed by atoms with Crippen molar-refractivity contribution in [3.8, 4) is 17.0 Å². The molecule has 0 atom stereocenters. The van der Waals surface area contributed by atoms with Gasteiger partial charge < -0.3 is 9.64 Å². The van der Waals surface area contributed by atoms with E-state index >= 15 is 0 Å². The summed E-state index contributed by atoms with van der Waals surface area (Å²) in [6.07, 6.45) is 3.10. The van der Waals surface area contributed by atoms with Gasteiger partial charge in [0, 0.05) is 23.5 Å². The lowest BCUT2D eigenvalue weighted by Gasteiger charge is -2.34. The van der Waals surface area contributed by atoms with Gasteiger partial charge in [-0.25, -0.2) is 32.3 Å². The Morgan fingerprint density at radius 2 is 1.94 bits per heavy atom. The predicted octanol–water partition coefficient (Wildman–Crippen LogP) is 2.85. The monoisotopic (exact) mass is 489 g/mol. The number of halogens is 2. The van der Waals surface area contributed by atoms with E-state index in [1.807, 2.05) is 18.7 Å². The fourth-order valence-corrected chi connectivity index (χ4v) is 4.32. The number of rotatable bonds is 7. The zero-order valence-electron chi connectivity index (χ0n) is 18.8. The Kier molecular flexibility index (Phi) is 6.76. The molecule has 3 aromatic rings. The van der Waals surface area contributed by atoms with Crippen LogP contribution in [0.2, 0.25) is 0 Å². The molecule has 0 unspecified atom stereocenters. The van der Waals surface area contributed by atoms with Crippen LogP contribution in [-0.4, -0.2) is 48.3 Å². The predicted molar refractivity (Wildman–Crippen MR) is 124 cm³/mol. The number of primary sulfonamides is 1. The van der Waals surface area contributed by atoms with Crippen molar-refractivity contribution in [3.05, 3.63) is 65.4 Å². The maximum Gasteiger partial charge on any atom is 0.209 e. The summed E-state index contributed by atoms with van der Waals surface area (Å²) < 4.78 is 57.3. The molecule has 8 nitrogen and oxygen atoms in total. The summed E-state index contributed by atoms with van der Waals surface area (Å²) in [6.45, 7) is 4.97. The van der Waals surface area contributed by atoms with Crippen LogP contribution in [0.3, 0.4) is 0 Å². The highest BCUT2D eigenvalue weighted by molar-refractivity contribution is 7.89. The van der Waals surface area contributed by atoms with Crippen molar-refractivity contribution in [1.29, 1.82) is 0 Å². The Morgan fingerprint density at radius 3 is 2.62 bits per heavy atom. The number of aromatic nitrogens is 3. The minimum atomic E-state index is -3.55. The van der Waals surface area contributed by atoms with Crippen LogP contribution in [0.25, 0.3) is 11.3 Å². The van der Waals surface area contributed by atoms with Crippen LogP contribution in [0.15, 0.2) is 36.7 Å². The molecule has 1 aliphatic heterocycles. The second kappa shape index (κ2) is 9.59.